The molecule has 8 nitrogen and oxygen atoms in total. The van der Waals surface area contributed by atoms with E-state index >= 15 is 0 Å². The molecule has 0 aliphatic carbocycles. The van der Waals surface area contributed by atoms with Crippen molar-refractivity contribution in [2.24, 2.45) is 5.84 Å². The molecule has 2 heterocycles. The van der Waals surface area contributed by atoms with Gasteiger partial charge in [0.05, 0.1) is 25.6 Å². The Labute approximate surface area is 117 Å². The standard InChI is InChI=1S/C12H20N6O2/c1-2-3-15-12(19)9-8-20-5-4-18(9)11-7-14-6-10(16-11)17-13/h6-7,9H,2-5,8,13H2,1H3,(H,15,19)(H,16,17). The molecule has 1 fully saturated rings. The van der Waals surface area contributed by atoms with Gasteiger partial charge in [-0.3, -0.25) is 9.78 Å². The Balaban J connectivity index is 2.15. The number of carbonyl (C=O) groups excluding carboxylic acids is 1. The zero-order chi connectivity index (χ0) is 14.4. The van der Waals surface area contributed by atoms with Gasteiger partial charge in [-0.2, -0.15) is 0 Å². The van der Waals surface area contributed by atoms with E-state index in [0.29, 0.717) is 37.9 Å². The number of nitrogens with one attached hydrogen (secondary N) is 2. The lowest BCUT2D eigenvalue weighted by Gasteiger charge is -2.35. The van der Waals surface area contributed by atoms with Gasteiger partial charge in [-0.1, -0.05) is 6.92 Å². The minimum Gasteiger partial charge on any atom is -0.377 e. The smallest absolute Gasteiger partial charge is 0.245 e. The molecule has 8 heteroatoms. The number of rotatable bonds is 5. The molecule has 1 aromatic heterocycles. The SMILES string of the molecule is CCCNC(=O)C1COCCN1c1cncc(NN)n1. The summed E-state index contributed by atoms with van der Waals surface area (Å²) in [5.74, 6) is 6.35. The lowest BCUT2D eigenvalue weighted by atomic mass is 10.2. The second kappa shape index (κ2) is 7.01. The maximum Gasteiger partial charge on any atom is 0.245 e. The maximum absolute atomic E-state index is 12.2. The first-order chi connectivity index (χ1) is 9.76. The van der Waals surface area contributed by atoms with Crippen LogP contribution in [0, 0.1) is 0 Å². The average Bonchev–Trinajstić information content (AvgIpc) is 2.52. The molecule has 4 N–H and O–H groups in total. The average molecular weight is 280 g/mol. The van der Waals surface area contributed by atoms with Crippen molar-refractivity contribution >= 4 is 17.5 Å². The summed E-state index contributed by atoms with van der Waals surface area (Å²) in [5.41, 5.74) is 2.45. The molecule has 1 amide bonds. The van der Waals surface area contributed by atoms with E-state index in [-0.39, 0.29) is 5.91 Å². The van der Waals surface area contributed by atoms with E-state index in [1.165, 1.54) is 6.20 Å². The van der Waals surface area contributed by atoms with Crippen LogP contribution in [-0.2, 0) is 9.53 Å². The van der Waals surface area contributed by atoms with Gasteiger partial charge < -0.3 is 20.4 Å². The van der Waals surface area contributed by atoms with Gasteiger partial charge in [-0.15, -0.1) is 0 Å². The van der Waals surface area contributed by atoms with Gasteiger partial charge in [-0.25, -0.2) is 10.8 Å². The zero-order valence-corrected chi connectivity index (χ0v) is 11.5. The summed E-state index contributed by atoms with van der Waals surface area (Å²) in [6.45, 7) is 4.15. The summed E-state index contributed by atoms with van der Waals surface area (Å²) in [6.07, 6.45) is 4.04. The Morgan fingerprint density at radius 2 is 2.45 bits per heavy atom. The highest BCUT2D eigenvalue weighted by Gasteiger charge is 2.30. The number of aromatic nitrogens is 2. The van der Waals surface area contributed by atoms with Crippen molar-refractivity contribution in [3.05, 3.63) is 12.4 Å². The molecule has 0 radical (unpaired) electrons. The number of hydrogen-bond acceptors (Lipinski definition) is 7. The van der Waals surface area contributed by atoms with E-state index in [4.69, 9.17) is 10.6 Å². The van der Waals surface area contributed by atoms with Crippen LogP contribution < -0.4 is 21.5 Å². The van der Waals surface area contributed by atoms with Gasteiger partial charge in [-0.05, 0) is 6.42 Å². The van der Waals surface area contributed by atoms with Crippen molar-refractivity contribution in [1.29, 1.82) is 0 Å². The second-order valence-corrected chi connectivity index (χ2v) is 4.48. The zero-order valence-electron chi connectivity index (χ0n) is 11.5. The van der Waals surface area contributed by atoms with Gasteiger partial charge in [0.25, 0.3) is 0 Å². The third kappa shape index (κ3) is 3.34. The fraction of sp³-hybridized carbons (Fsp3) is 0.583. The van der Waals surface area contributed by atoms with E-state index in [1.54, 1.807) is 6.20 Å². The molecule has 1 unspecified atom stereocenters. The van der Waals surface area contributed by atoms with E-state index in [0.717, 1.165) is 6.42 Å². The molecule has 0 saturated carbocycles. The highest BCUT2D eigenvalue weighted by molar-refractivity contribution is 5.85. The van der Waals surface area contributed by atoms with Crippen LogP contribution in [0.5, 0.6) is 0 Å². The summed E-state index contributed by atoms with van der Waals surface area (Å²) < 4.78 is 5.40. The van der Waals surface area contributed by atoms with Gasteiger partial charge in [0.15, 0.2) is 5.82 Å². The minimum atomic E-state index is -0.391. The monoisotopic (exact) mass is 280 g/mol. The Morgan fingerprint density at radius 3 is 3.20 bits per heavy atom. The van der Waals surface area contributed by atoms with Crippen LogP contribution in [0.4, 0.5) is 11.6 Å². The summed E-state index contributed by atoms with van der Waals surface area (Å²) in [5, 5.41) is 2.88. The fourth-order valence-electron chi connectivity index (χ4n) is 2.02. The fourth-order valence-corrected chi connectivity index (χ4v) is 2.02. The molecule has 0 aromatic carbocycles. The maximum atomic E-state index is 12.2. The van der Waals surface area contributed by atoms with Gasteiger partial charge >= 0.3 is 0 Å². The van der Waals surface area contributed by atoms with E-state index in [2.05, 4.69) is 20.7 Å². The van der Waals surface area contributed by atoms with E-state index < -0.39 is 6.04 Å². The van der Waals surface area contributed by atoms with E-state index in [9.17, 15) is 4.79 Å². The van der Waals surface area contributed by atoms with Crippen LogP contribution in [0.25, 0.3) is 0 Å². The largest absolute Gasteiger partial charge is 0.377 e. The summed E-state index contributed by atoms with van der Waals surface area (Å²) in [7, 11) is 0. The highest BCUT2D eigenvalue weighted by Crippen LogP contribution is 2.18. The first kappa shape index (κ1) is 14.5. The number of morpholine rings is 1. The van der Waals surface area contributed by atoms with Crippen LogP contribution in [0.1, 0.15) is 13.3 Å². The molecule has 1 atom stereocenters. The molecule has 20 heavy (non-hydrogen) atoms. The minimum absolute atomic E-state index is 0.0561. The molecular weight excluding hydrogens is 260 g/mol. The Morgan fingerprint density at radius 1 is 1.60 bits per heavy atom. The highest BCUT2D eigenvalue weighted by atomic mass is 16.5. The van der Waals surface area contributed by atoms with Gasteiger partial charge in [0.1, 0.15) is 11.9 Å². The lowest BCUT2D eigenvalue weighted by molar-refractivity contribution is -0.124. The van der Waals surface area contributed by atoms with Crippen LogP contribution in [0.3, 0.4) is 0 Å². The number of nitrogens with zero attached hydrogens (tertiary/aromatic N) is 3. The number of hydrogen-bond donors (Lipinski definition) is 3. The van der Waals surface area contributed by atoms with Crippen molar-refractivity contribution in [1.82, 2.24) is 15.3 Å². The molecule has 1 aliphatic rings. The number of nitrogen functional groups attached to an aromatic ring is 1. The molecule has 1 aliphatic heterocycles. The quantitative estimate of drug-likeness (QED) is 0.493. The van der Waals surface area contributed by atoms with Crippen molar-refractivity contribution in [3.8, 4) is 0 Å². The molecule has 0 bridgehead atoms. The number of nitrogens with two attached hydrogens (primary N) is 1. The topological polar surface area (TPSA) is 105 Å². The summed E-state index contributed by atoms with van der Waals surface area (Å²) >= 11 is 0. The van der Waals surface area contributed by atoms with Crippen LogP contribution in [0.15, 0.2) is 12.4 Å². The molecule has 2 rings (SSSR count). The molecule has 1 aromatic rings. The Hall–Kier alpha value is -1.93. The van der Waals surface area contributed by atoms with Crippen molar-refractivity contribution in [3.63, 3.8) is 0 Å². The predicted molar refractivity (Wildman–Crippen MR) is 75.1 cm³/mol. The Kier molecular flexibility index (Phi) is 5.08. The first-order valence-electron chi connectivity index (χ1n) is 6.67. The number of ether oxygens (including phenoxy) is 1. The van der Waals surface area contributed by atoms with E-state index in [1.807, 2.05) is 11.8 Å². The first-order valence-corrected chi connectivity index (χ1v) is 6.67. The van der Waals surface area contributed by atoms with Crippen molar-refractivity contribution < 1.29 is 9.53 Å². The third-order valence-electron chi connectivity index (χ3n) is 3.04. The van der Waals surface area contributed by atoms with Gasteiger partial charge in [0.2, 0.25) is 5.91 Å². The van der Waals surface area contributed by atoms with Crippen LogP contribution in [-0.4, -0.2) is 48.2 Å². The number of amides is 1. The van der Waals surface area contributed by atoms with Gasteiger partial charge in [0, 0.05) is 13.1 Å². The predicted octanol–water partition coefficient (Wildman–Crippen LogP) is -0.506. The second-order valence-electron chi connectivity index (χ2n) is 4.48. The molecule has 0 spiro atoms. The number of anilines is 2. The molecule has 110 valence electrons. The third-order valence-corrected chi connectivity index (χ3v) is 3.04. The van der Waals surface area contributed by atoms with Crippen molar-refractivity contribution in [2.45, 2.75) is 19.4 Å². The number of hydrazine groups is 1. The summed E-state index contributed by atoms with van der Waals surface area (Å²) in [6, 6.07) is -0.391. The normalized spacial score (nSPS) is 18.7. The molecular formula is C12H20N6O2. The Bertz CT molecular complexity index is 455. The summed E-state index contributed by atoms with van der Waals surface area (Å²) in [4.78, 5) is 22.5. The lowest BCUT2D eigenvalue weighted by Crippen LogP contribution is -2.54. The van der Waals surface area contributed by atoms with Crippen LogP contribution >= 0.6 is 0 Å². The van der Waals surface area contributed by atoms with Crippen LogP contribution in [0.2, 0.25) is 0 Å². The van der Waals surface area contributed by atoms with Crippen molar-refractivity contribution in [2.75, 3.05) is 36.6 Å². The number of carbonyl (C=O) groups is 1. The molecule has 1 saturated heterocycles.